The van der Waals surface area contributed by atoms with Crippen LogP contribution in [-0.4, -0.2) is 48.5 Å². The molecule has 0 spiro atoms. The average Bonchev–Trinajstić information content (AvgIpc) is 2.35. The molecule has 1 heterocycles. The summed E-state index contributed by atoms with van der Waals surface area (Å²) in [6.45, 7) is 8.54. The molecule has 0 amide bonds. The minimum atomic E-state index is 0.651. The molecule has 1 rings (SSSR count). The third-order valence-corrected chi connectivity index (χ3v) is 2.86. The molecule has 0 saturated carbocycles. The predicted molar refractivity (Wildman–Crippen MR) is 80.7 cm³/mol. The standard InChI is InChI=1S/C14H27N5/c1-12(2)10-19(8-7-18(3)4)11-14-9-13(17-15)5-6-16-14/h5-6,9,12H,7-8,10-11,15H2,1-4H3,(H,16,17). The van der Waals surface area contributed by atoms with Gasteiger partial charge < -0.3 is 10.3 Å². The molecule has 108 valence electrons. The van der Waals surface area contributed by atoms with Crippen LogP contribution in [0.15, 0.2) is 18.3 Å². The predicted octanol–water partition coefficient (Wildman–Crippen LogP) is 1.39. The molecule has 1 aromatic rings. The lowest BCUT2D eigenvalue weighted by Crippen LogP contribution is -2.34. The lowest BCUT2D eigenvalue weighted by Gasteiger charge is -2.25. The molecule has 0 radical (unpaired) electrons. The highest BCUT2D eigenvalue weighted by molar-refractivity contribution is 5.41. The van der Waals surface area contributed by atoms with Crippen LogP contribution in [0.5, 0.6) is 0 Å². The van der Waals surface area contributed by atoms with E-state index in [9.17, 15) is 0 Å². The van der Waals surface area contributed by atoms with Crippen LogP contribution >= 0.6 is 0 Å². The average molecular weight is 265 g/mol. The van der Waals surface area contributed by atoms with Gasteiger partial charge in [-0.05, 0) is 32.1 Å². The minimum Gasteiger partial charge on any atom is -0.324 e. The van der Waals surface area contributed by atoms with Crippen LogP contribution in [0.3, 0.4) is 0 Å². The number of rotatable bonds is 8. The molecule has 19 heavy (non-hydrogen) atoms. The Hall–Kier alpha value is -1.17. The highest BCUT2D eigenvalue weighted by Gasteiger charge is 2.09. The highest BCUT2D eigenvalue weighted by Crippen LogP contribution is 2.10. The molecule has 1 aromatic heterocycles. The molecular weight excluding hydrogens is 238 g/mol. The minimum absolute atomic E-state index is 0.651. The Morgan fingerprint density at radius 3 is 2.63 bits per heavy atom. The van der Waals surface area contributed by atoms with Crippen molar-refractivity contribution in [2.24, 2.45) is 11.8 Å². The number of nitrogens with one attached hydrogen (secondary N) is 1. The Morgan fingerprint density at radius 2 is 2.05 bits per heavy atom. The summed E-state index contributed by atoms with van der Waals surface area (Å²) in [5.41, 5.74) is 4.62. The topological polar surface area (TPSA) is 57.4 Å². The van der Waals surface area contributed by atoms with E-state index in [4.69, 9.17) is 5.84 Å². The second kappa shape index (κ2) is 8.09. The lowest BCUT2D eigenvalue weighted by atomic mass is 10.2. The van der Waals surface area contributed by atoms with Crippen molar-refractivity contribution in [3.8, 4) is 0 Å². The van der Waals surface area contributed by atoms with Gasteiger partial charge in [0.15, 0.2) is 0 Å². The fraction of sp³-hybridized carbons (Fsp3) is 0.643. The quantitative estimate of drug-likeness (QED) is 0.549. The maximum Gasteiger partial charge on any atom is 0.0564 e. The number of hydrogen-bond donors (Lipinski definition) is 2. The molecule has 5 heteroatoms. The molecular formula is C14H27N5. The second-order valence-corrected chi connectivity index (χ2v) is 5.61. The first-order valence-electron chi connectivity index (χ1n) is 6.80. The van der Waals surface area contributed by atoms with Crippen LogP contribution in [0.4, 0.5) is 5.69 Å². The summed E-state index contributed by atoms with van der Waals surface area (Å²) in [6.07, 6.45) is 1.80. The van der Waals surface area contributed by atoms with E-state index in [1.54, 1.807) is 6.20 Å². The van der Waals surface area contributed by atoms with Crippen LogP contribution in [0.2, 0.25) is 0 Å². The number of pyridine rings is 1. The van der Waals surface area contributed by atoms with Crippen LogP contribution in [0, 0.1) is 5.92 Å². The van der Waals surface area contributed by atoms with Gasteiger partial charge in [-0.25, -0.2) is 0 Å². The van der Waals surface area contributed by atoms with Crippen molar-refractivity contribution in [1.29, 1.82) is 0 Å². The summed E-state index contributed by atoms with van der Waals surface area (Å²) in [4.78, 5) is 9.06. The first-order chi connectivity index (χ1) is 9.01. The van der Waals surface area contributed by atoms with Gasteiger partial charge in [0, 0.05) is 32.4 Å². The molecule has 0 aliphatic heterocycles. The van der Waals surface area contributed by atoms with Crippen molar-refractivity contribution in [2.75, 3.05) is 39.2 Å². The number of likely N-dealkylation sites (N-methyl/N-ethyl adjacent to an activating group) is 1. The monoisotopic (exact) mass is 265 g/mol. The zero-order valence-electron chi connectivity index (χ0n) is 12.6. The number of anilines is 1. The maximum absolute atomic E-state index is 5.43. The lowest BCUT2D eigenvalue weighted by molar-refractivity contribution is 0.210. The largest absolute Gasteiger partial charge is 0.324 e. The molecule has 3 N–H and O–H groups in total. The zero-order chi connectivity index (χ0) is 14.3. The van der Waals surface area contributed by atoms with Gasteiger partial charge >= 0.3 is 0 Å². The van der Waals surface area contributed by atoms with Gasteiger partial charge in [-0.3, -0.25) is 15.7 Å². The van der Waals surface area contributed by atoms with Crippen LogP contribution < -0.4 is 11.3 Å². The molecule has 0 aliphatic rings. The second-order valence-electron chi connectivity index (χ2n) is 5.61. The van der Waals surface area contributed by atoms with Gasteiger partial charge in [0.25, 0.3) is 0 Å². The highest BCUT2D eigenvalue weighted by atomic mass is 15.2. The fourth-order valence-corrected chi connectivity index (χ4v) is 1.98. The van der Waals surface area contributed by atoms with Crippen LogP contribution in [0.1, 0.15) is 19.5 Å². The SMILES string of the molecule is CC(C)CN(CCN(C)C)Cc1cc(NN)ccn1. The smallest absolute Gasteiger partial charge is 0.0564 e. The summed E-state index contributed by atoms with van der Waals surface area (Å²) >= 11 is 0. The van der Waals surface area contributed by atoms with E-state index in [1.165, 1.54) is 0 Å². The molecule has 0 aliphatic carbocycles. The van der Waals surface area contributed by atoms with Crippen molar-refractivity contribution in [3.05, 3.63) is 24.0 Å². The molecule has 0 saturated heterocycles. The number of aromatic nitrogens is 1. The molecule has 0 fully saturated rings. The maximum atomic E-state index is 5.43. The number of nitrogens with two attached hydrogens (primary N) is 1. The summed E-state index contributed by atoms with van der Waals surface area (Å²) in [7, 11) is 4.20. The Bertz CT molecular complexity index is 365. The van der Waals surface area contributed by atoms with Gasteiger partial charge in [-0.15, -0.1) is 0 Å². The van der Waals surface area contributed by atoms with Gasteiger partial charge in [0.05, 0.1) is 11.4 Å². The first-order valence-corrected chi connectivity index (χ1v) is 6.80. The molecule has 0 aromatic carbocycles. The summed E-state index contributed by atoms with van der Waals surface area (Å²) in [6, 6.07) is 3.87. The van der Waals surface area contributed by atoms with Crippen molar-refractivity contribution in [1.82, 2.24) is 14.8 Å². The van der Waals surface area contributed by atoms with E-state index in [2.05, 4.69) is 48.2 Å². The first kappa shape index (κ1) is 15.9. The Kier molecular flexibility index (Phi) is 6.77. The van der Waals surface area contributed by atoms with Crippen LogP contribution in [-0.2, 0) is 6.54 Å². The summed E-state index contributed by atoms with van der Waals surface area (Å²) < 4.78 is 0. The molecule has 5 nitrogen and oxygen atoms in total. The third kappa shape index (κ3) is 6.52. The number of hydrazine groups is 1. The van der Waals surface area contributed by atoms with E-state index >= 15 is 0 Å². The normalized spacial score (nSPS) is 11.6. The van der Waals surface area contributed by atoms with Gasteiger partial charge in [-0.1, -0.05) is 13.8 Å². The molecule has 0 bridgehead atoms. The van der Waals surface area contributed by atoms with Crippen molar-refractivity contribution >= 4 is 5.69 Å². The Labute approximate surface area is 116 Å². The fourth-order valence-electron chi connectivity index (χ4n) is 1.98. The van der Waals surface area contributed by atoms with E-state index < -0.39 is 0 Å². The zero-order valence-corrected chi connectivity index (χ0v) is 12.6. The summed E-state index contributed by atoms with van der Waals surface area (Å²) in [5.74, 6) is 6.08. The number of nitrogens with zero attached hydrogens (tertiary/aromatic N) is 3. The number of hydrogen-bond acceptors (Lipinski definition) is 5. The molecule has 0 unspecified atom stereocenters. The van der Waals surface area contributed by atoms with Gasteiger partial charge in [-0.2, -0.15) is 0 Å². The Balaban J connectivity index is 2.63. The van der Waals surface area contributed by atoms with Crippen LogP contribution in [0.25, 0.3) is 0 Å². The van der Waals surface area contributed by atoms with Crippen molar-refractivity contribution in [3.63, 3.8) is 0 Å². The molecule has 0 atom stereocenters. The van der Waals surface area contributed by atoms with E-state index in [1.807, 2.05) is 12.1 Å². The Morgan fingerprint density at radius 1 is 1.32 bits per heavy atom. The van der Waals surface area contributed by atoms with E-state index in [0.29, 0.717) is 5.92 Å². The number of nitrogen functional groups attached to an aromatic ring is 1. The van der Waals surface area contributed by atoms with E-state index in [-0.39, 0.29) is 0 Å². The third-order valence-electron chi connectivity index (χ3n) is 2.86. The van der Waals surface area contributed by atoms with Gasteiger partial charge in [0.2, 0.25) is 0 Å². The summed E-state index contributed by atoms with van der Waals surface area (Å²) in [5, 5.41) is 0. The van der Waals surface area contributed by atoms with Crippen molar-refractivity contribution in [2.45, 2.75) is 20.4 Å². The van der Waals surface area contributed by atoms with Crippen molar-refractivity contribution < 1.29 is 0 Å². The van der Waals surface area contributed by atoms with E-state index in [0.717, 1.165) is 37.6 Å². The van der Waals surface area contributed by atoms with Gasteiger partial charge in [0.1, 0.15) is 0 Å².